The molecule has 3 rings (SSSR count). The maximum Gasteiger partial charge on any atom is 0.271 e. The summed E-state index contributed by atoms with van der Waals surface area (Å²) in [5.41, 5.74) is 4.56. The Labute approximate surface area is 172 Å². The second kappa shape index (κ2) is 9.71. The second-order valence-corrected chi connectivity index (χ2v) is 6.75. The largest absolute Gasteiger partial charge is 0.497 e. The molecule has 0 aliphatic carbocycles. The van der Waals surface area contributed by atoms with Gasteiger partial charge in [-0.2, -0.15) is 5.10 Å². The Bertz CT molecular complexity index is 940. The highest BCUT2D eigenvalue weighted by molar-refractivity contribution is 9.10. The van der Waals surface area contributed by atoms with Gasteiger partial charge in [-0.25, -0.2) is 5.43 Å². The maximum absolute atomic E-state index is 12.4. The number of carbonyl (C=O) groups excluding carboxylic acids is 1. The number of nitrogens with zero attached hydrogens (tertiary/aromatic N) is 1. The van der Waals surface area contributed by atoms with Gasteiger partial charge in [0.1, 0.15) is 23.8 Å². The van der Waals surface area contributed by atoms with Gasteiger partial charge >= 0.3 is 0 Å². The van der Waals surface area contributed by atoms with Crippen LogP contribution in [0.1, 0.15) is 15.9 Å². The van der Waals surface area contributed by atoms with Crippen molar-refractivity contribution in [2.45, 2.75) is 0 Å². The minimum Gasteiger partial charge on any atom is -0.497 e. The second-order valence-electron chi connectivity index (χ2n) is 5.84. The third kappa shape index (κ3) is 5.44. The first-order valence-corrected chi connectivity index (χ1v) is 9.40. The van der Waals surface area contributed by atoms with Gasteiger partial charge < -0.3 is 9.47 Å². The summed E-state index contributed by atoms with van der Waals surface area (Å²) in [7, 11) is 1.58. The fourth-order valence-electron chi connectivity index (χ4n) is 2.42. The predicted octanol–water partition coefficient (Wildman–Crippen LogP) is 4.67. The number of rotatable bonds is 7. The Morgan fingerprint density at radius 2 is 1.54 bits per heavy atom. The molecule has 0 unspecified atom stereocenters. The van der Waals surface area contributed by atoms with Crippen LogP contribution in [0.3, 0.4) is 0 Å². The van der Waals surface area contributed by atoms with E-state index in [1.807, 2.05) is 54.6 Å². The van der Waals surface area contributed by atoms with Crippen molar-refractivity contribution in [2.75, 3.05) is 13.7 Å². The highest BCUT2D eigenvalue weighted by atomic mass is 79.9. The fourth-order valence-corrected chi connectivity index (χ4v) is 2.68. The van der Waals surface area contributed by atoms with E-state index in [4.69, 9.17) is 9.47 Å². The van der Waals surface area contributed by atoms with E-state index in [1.165, 1.54) is 0 Å². The first-order valence-electron chi connectivity index (χ1n) is 8.60. The zero-order valence-corrected chi connectivity index (χ0v) is 16.8. The molecule has 142 valence electrons. The summed E-state index contributed by atoms with van der Waals surface area (Å²) in [5.74, 6) is 1.11. The topological polar surface area (TPSA) is 59.9 Å². The lowest BCUT2D eigenvalue weighted by Gasteiger charge is -2.10. The summed E-state index contributed by atoms with van der Waals surface area (Å²) < 4.78 is 11.9. The van der Waals surface area contributed by atoms with Gasteiger partial charge in [-0.1, -0.05) is 46.3 Å². The number of nitrogens with one attached hydrogen (secondary N) is 1. The molecule has 0 heterocycles. The van der Waals surface area contributed by atoms with Crippen LogP contribution in [0.15, 0.2) is 88.4 Å². The molecule has 0 saturated heterocycles. The SMILES string of the molecule is COc1ccc(C(=O)N/N=C(/COc2ccccc2)c2ccc(Br)cc2)cc1. The third-order valence-electron chi connectivity index (χ3n) is 3.94. The van der Waals surface area contributed by atoms with Crippen molar-refractivity contribution in [3.8, 4) is 11.5 Å². The lowest BCUT2D eigenvalue weighted by Crippen LogP contribution is -2.23. The van der Waals surface area contributed by atoms with E-state index >= 15 is 0 Å². The van der Waals surface area contributed by atoms with Crippen LogP contribution in [0.2, 0.25) is 0 Å². The summed E-state index contributed by atoms with van der Waals surface area (Å²) in [6.07, 6.45) is 0. The van der Waals surface area contributed by atoms with Crippen LogP contribution in [0.4, 0.5) is 0 Å². The quantitative estimate of drug-likeness (QED) is 0.430. The molecule has 0 fully saturated rings. The molecule has 0 atom stereocenters. The van der Waals surface area contributed by atoms with Crippen molar-refractivity contribution in [3.63, 3.8) is 0 Å². The van der Waals surface area contributed by atoms with Crippen molar-refractivity contribution >= 4 is 27.5 Å². The Morgan fingerprint density at radius 3 is 2.18 bits per heavy atom. The predicted molar refractivity (Wildman–Crippen MR) is 113 cm³/mol. The molecule has 0 radical (unpaired) electrons. The zero-order valence-electron chi connectivity index (χ0n) is 15.3. The van der Waals surface area contributed by atoms with Gasteiger partial charge in [-0.05, 0) is 48.5 Å². The molecular weight excluding hydrogens is 420 g/mol. The lowest BCUT2D eigenvalue weighted by atomic mass is 10.1. The van der Waals surface area contributed by atoms with E-state index in [1.54, 1.807) is 31.4 Å². The zero-order chi connectivity index (χ0) is 19.8. The van der Waals surface area contributed by atoms with Crippen molar-refractivity contribution in [2.24, 2.45) is 5.10 Å². The van der Waals surface area contributed by atoms with E-state index in [0.29, 0.717) is 17.0 Å². The minimum atomic E-state index is -0.308. The molecule has 3 aromatic carbocycles. The van der Waals surface area contributed by atoms with Crippen LogP contribution >= 0.6 is 15.9 Å². The molecule has 3 aromatic rings. The minimum absolute atomic E-state index is 0.217. The number of para-hydroxylation sites is 1. The summed E-state index contributed by atoms with van der Waals surface area (Å²) in [5, 5.41) is 4.30. The number of halogens is 1. The number of carbonyl (C=O) groups is 1. The molecule has 0 aromatic heterocycles. The van der Waals surface area contributed by atoms with Gasteiger partial charge in [-0.3, -0.25) is 4.79 Å². The Morgan fingerprint density at radius 1 is 0.893 bits per heavy atom. The van der Waals surface area contributed by atoms with Crippen molar-refractivity contribution < 1.29 is 14.3 Å². The van der Waals surface area contributed by atoms with Crippen molar-refractivity contribution in [1.29, 1.82) is 0 Å². The highest BCUT2D eigenvalue weighted by Gasteiger charge is 2.09. The molecular formula is C22H19BrN2O3. The molecule has 0 spiro atoms. The van der Waals surface area contributed by atoms with Crippen LogP contribution in [-0.2, 0) is 0 Å². The first-order chi connectivity index (χ1) is 13.7. The summed E-state index contributed by atoms with van der Waals surface area (Å²) in [6, 6.07) is 23.9. The van der Waals surface area contributed by atoms with E-state index < -0.39 is 0 Å². The Kier molecular flexibility index (Phi) is 6.81. The molecule has 0 bridgehead atoms. The molecule has 1 N–H and O–H groups in total. The molecule has 1 amide bonds. The monoisotopic (exact) mass is 438 g/mol. The highest BCUT2D eigenvalue weighted by Crippen LogP contribution is 2.14. The van der Waals surface area contributed by atoms with Crippen LogP contribution in [0.5, 0.6) is 11.5 Å². The van der Waals surface area contributed by atoms with Crippen LogP contribution in [-0.4, -0.2) is 25.3 Å². The van der Waals surface area contributed by atoms with Gasteiger partial charge in [0.25, 0.3) is 5.91 Å². The normalized spacial score (nSPS) is 11.0. The number of hydrazone groups is 1. The smallest absolute Gasteiger partial charge is 0.271 e. The van der Waals surface area contributed by atoms with Gasteiger partial charge in [0, 0.05) is 15.6 Å². The number of hydrogen-bond donors (Lipinski definition) is 1. The Hall–Kier alpha value is -3.12. The van der Waals surface area contributed by atoms with E-state index in [2.05, 4.69) is 26.5 Å². The number of methoxy groups -OCH3 is 1. The Balaban J connectivity index is 1.76. The van der Waals surface area contributed by atoms with Crippen LogP contribution in [0, 0.1) is 0 Å². The standard InChI is InChI=1S/C22H19BrN2O3/c1-27-19-13-9-17(10-14-19)22(26)25-24-21(16-7-11-18(23)12-8-16)15-28-20-5-3-2-4-6-20/h2-14H,15H2,1H3,(H,25,26)/b24-21-. The summed E-state index contributed by atoms with van der Waals surface area (Å²) in [4.78, 5) is 12.4. The molecule has 5 nitrogen and oxygen atoms in total. The molecule has 0 aliphatic rings. The van der Waals surface area contributed by atoms with Crippen LogP contribution < -0.4 is 14.9 Å². The summed E-state index contributed by atoms with van der Waals surface area (Å²) >= 11 is 3.42. The number of ether oxygens (including phenoxy) is 2. The van der Waals surface area contributed by atoms with Crippen molar-refractivity contribution in [3.05, 3.63) is 94.5 Å². The summed E-state index contributed by atoms with van der Waals surface area (Å²) in [6.45, 7) is 0.217. The lowest BCUT2D eigenvalue weighted by molar-refractivity contribution is 0.0954. The average molecular weight is 439 g/mol. The molecule has 0 saturated carbocycles. The third-order valence-corrected chi connectivity index (χ3v) is 4.47. The maximum atomic E-state index is 12.4. The van der Waals surface area contributed by atoms with Gasteiger partial charge in [0.15, 0.2) is 0 Å². The van der Waals surface area contributed by atoms with Crippen molar-refractivity contribution in [1.82, 2.24) is 5.43 Å². The molecule has 0 aliphatic heterocycles. The first kappa shape index (κ1) is 19.6. The van der Waals surface area contributed by atoms with Gasteiger partial charge in [-0.15, -0.1) is 0 Å². The van der Waals surface area contributed by atoms with Gasteiger partial charge in [0.05, 0.1) is 7.11 Å². The number of hydrogen-bond acceptors (Lipinski definition) is 4. The van der Waals surface area contributed by atoms with E-state index in [-0.39, 0.29) is 12.5 Å². The van der Waals surface area contributed by atoms with Crippen LogP contribution in [0.25, 0.3) is 0 Å². The fraction of sp³-hybridized carbons (Fsp3) is 0.0909. The van der Waals surface area contributed by atoms with E-state index in [9.17, 15) is 4.79 Å². The van der Waals surface area contributed by atoms with E-state index in [0.717, 1.165) is 15.8 Å². The van der Waals surface area contributed by atoms with Gasteiger partial charge in [0.2, 0.25) is 0 Å². The average Bonchev–Trinajstić information content (AvgIpc) is 2.75. The molecule has 28 heavy (non-hydrogen) atoms. The molecule has 6 heteroatoms. The number of benzene rings is 3. The number of amides is 1.